The summed E-state index contributed by atoms with van der Waals surface area (Å²) in [6.07, 6.45) is 5.68. The van der Waals surface area contributed by atoms with Gasteiger partial charge in [-0.15, -0.1) is 0 Å². The minimum Gasteiger partial charge on any atom is -0.349 e. The molecule has 0 spiro atoms. The van der Waals surface area contributed by atoms with Crippen LogP contribution >= 0.6 is 11.6 Å². The van der Waals surface area contributed by atoms with Crippen molar-refractivity contribution in [1.29, 1.82) is 0 Å². The fraction of sp³-hybridized carbons (Fsp3) is 0.333. The maximum atomic E-state index is 13.1. The summed E-state index contributed by atoms with van der Waals surface area (Å²) in [5, 5.41) is 3.33. The zero-order valence-corrected chi connectivity index (χ0v) is 21.7. The second-order valence-electron chi connectivity index (χ2n) is 9.28. The smallest absolute Gasteiger partial charge is 0.240 e. The highest BCUT2D eigenvalue weighted by atomic mass is 35.5. The number of benzene rings is 2. The molecule has 9 heteroatoms. The van der Waals surface area contributed by atoms with Crippen LogP contribution in [0.15, 0.2) is 65.8 Å². The first kappa shape index (κ1) is 26.3. The number of nitrogens with one attached hydrogen (secondary N) is 2. The quantitative estimate of drug-likeness (QED) is 0.419. The molecule has 2 N–H and O–H groups in total. The first-order valence-corrected chi connectivity index (χ1v) is 13.8. The van der Waals surface area contributed by atoms with Crippen LogP contribution in [0.5, 0.6) is 0 Å². The lowest BCUT2D eigenvalue weighted by molar-refractivity contribution is -0.126. The third kappa shape index (κ3) is 6.11. The fourth-order valence-electron chi connectivity index (χ4n) is 4.58. The van der Waals surface area contributed by atoms with Crippen LogP contribution in [-0.2, 0) is 14.8 Å². The summed E-state index contributed by atoms with van der Waals surface area (Å²) < 4.78 is 42.0. The molecule has 3 aromatic rings. The third-order valence-electron chi connectivity index (χ3n) is 6.71. The largest absolute Gasteiger partial charge is 0.349 e. The lowest BCUT2D eigenvalue weighted by Crippen LogP contribution is -2.41. The van der Waals surface area contributed by atoms with Gasteiger partial charge in [0.25, 0.3) is 0 Å². The van der Waals surface area contributed by atoms with E-state index in [9.17, 15) is 17.6 Å². The molecule has 0 radical (unpaired) electrons. The SMILES string of the molecule is Cc1cnccc1-c1ccc(S(=O)(=O)NC2CCC(C(=O)N[C@H](C)c3ccc(F)cc3)CC2)cc1Cl. The first-order chi connectivity index (χ1) is 17.1. The number of hydrogen-bond acceptors (Lipinski definition) is 4. The van der Waals surface area contributed by atoms with Crippen molar-refractivity contribution in [3.63, 3.8) is 0 Å². The molecule has 1 saturated carbocycles. The number of hydrogen-bond donors (Lipinski definition) is 2. The predicted octanol–water partition coefficient (Wildman–Crippen LogP) is 5.56. The Morgan fingerprint density at radius 3 is 2.39 bits per heavy atom. The van der Waals surface area contributed by atoms with Gasteiger partial charge in [-0.1, -0.05) is 29.8 Å². The summed E-state index contributed by atoms with van der Waals surface area (Å²) in [5.41, 5.74) is 3.42. The monoisotopic (exact) mass is 529 g/mol. The van der Waals surface area contributed by atoms with E-state index in [0.29, 0.717) is 30.7 Å². The Morgan fingerprint density at radius 2 is 1.75 bits per heavy atom. The van der Waals surface area contributed by atoms with Gasteiger partial charge < -0.3 is 5.32 Å². The lowest BCUT2D eigenvalue weighted by atomic mass is 9.85. The average Bonchev–Trinajstić information content (AvgIpc) is 2.85. The van der Waals surface area contributed by atoms with Gasteiger partial charge in [-0.3, -0.25) is 9.78 Å². The van der Waals surface area contributed by atoms with Crippen molar-refractivity contribution < 1.29 is 17.6 Å². The van der Waals surface area contributed by atoms with Gasteiger partial charge in [-0.2, -0.15) is 0 Å². The highest BCUT2D eigenvalue weighted by molar-refractivity contribution is 7.89. The molecule has 4 rings (SSSR count). The molecule has 1 aromatic heterocycles. The molecule has 6 nitrogen and oxygen atoms in total. The average molecular weight is 530 g/mol. The van der Waals surface area contributed by atoms with Crippen LogP contribution in [0.25, 0.3) is 11.1 Å². The van der Waals surface area contributed by atoms with Gasteiger partial charge in [0, 0.05) is 34.9 Å². The molecule has 190 valence electrons. The second kappa shape index (κ2) is 11.1. The summed E-state index contributed by atoms with van der Waals surface area (Å²) in [4.78, 5) is 16.9. The topological polar surface area (TPSA) is 88.2 Å². The summed E-state index contributed by atoms with van der Waals surface area (Å²) in [6.45, 7) is 3.78. The molecule has 1 fully saturated rings. The van der Waals surface area contributed by atoms with Crippen LogP contribution in [0, 0.1) is 18.7 Å². The number of carbonyl (C=O) groups is 1. The molecule has 0 saturated heterocycles. The minimum absolute atomic E-state index is 0.0677. The summed E-state index contributed by atoms with van der Waals surface area (Å²) >= 11 is 6.46. The second-order valence-corrected chi connectivity index (χ2v) is 11.4. The van der Waals surface area contributed by atoms with Crippen LogP contribution in [0.2, 0.25) is 5.02 Å². The molecule has 1 heterocycles. The van der Waals surface area contributed by atoms with Crippen molar-refractivity contribution in [3.8, 4) is 11.1 Å². The molecule has 1 amide bonds. The standard InChI is InChI=1S/C27H29ClFN3O3S/c1-17-16-30-14-13-24(17)25-12-11-23(15-26(25)28)36(34,35)32-22-9-5-20(6-10-22)27(33)31-18(2)19-3-7-21(29)8-4-19/h3-4,7-8,11-16,18,20,22,32H,5-6,9-10H2,1-2H3,(H,31,33)/t18-,20?,22?/m1/s1. The van der Waals surface area contributed by atoms with Crippen molar-refractivity contribution in [2.24, 2.45) is 5.92 Å². The number of carbonyl (C=O) groups excluding carboxylic acids is 1. The van der Waals surface area contributed by atoms with E-state index in [2.05, 4.69) is 15.0 Å². The summed E-state index contributed by atoms with van der Waals surface area (Å²) in [5.74, 6) is -0.576. The number of rotatable bonds is 7. The van der Waals surface area contributed by atoms with Gasteiger partial charge in [-0.05, 0) is 86.6 Å². The van der Waals surface area contributed by atoms with Gasteiger partial charge in [0.1, 0.15) is 5.82 Å². The van der Waals surface area contributed by atoms with Crippen molar-refractivity contribution in [1.82, 2.24) is 15.0 Å². The molecule has 0 aliphatic heterocycles. The van der Waals surface area contributed by atoms with Crippen LogP contribution in [-0.4, -0.2) is 25.4 Å². The summed E-state index contributed by atoms with van der Waals surface area (Å²) in [7, 11) is -3.77. The zero-order valence-electron chi connectivity index (χ0n) is 20.2. The molecule has 1 aliphatic rings. The maximum Gasteiger partial charge on any atom is 0.240 e. The minimum atomic E-state index is -3.77. The Balaban J connectivity index is 1.34. The van der Waals surface area contributed by atoms with E-state index in [1.165, 1.54) is 18.2 Å². The number of aromatic nitrogens is 1. The van der Waals surface area contributed by atoms with E-state index in [4.69, 9.17) is 11.6 Å². The van der Waals surface area contributed by atoms with Gasteiger partial charge >= 0.3 is 0 Å². The van der Waals surface area contributed by atoms with Crippen molar-refractivity contribution in [2.75, 3.05) is 0 Å². The summed E-state index contributed by atoms with van der Waals surface area (Å²) in [6, 6.07) is 12.1. The van der Waals surface area contributed by atoms with E-state index >= 15 is 0 Å². The number of amides is 1. The van der Waals surface area contributed by atoms with Gasteiger partial charge in [0.2, 0.25) is 15.9 Å². The van der Waals surface area contributed by atoms with Gasteiger partial charge in [0.15, 0.2) is 0 Å². The molecular weight excluding hydrogens is 501 g/mol. The predicted molar refractivity (Wildman–Crippen MR) is 138 cm³/mol. The van der Waals surface area contributed by atoms with Crippen LogP contribution in [0.1, 0.15) is 49.8 Å². The molecule has 0 unspecified atom stereocenters. The fourth-order valence-corrected chi connectivity index (χ4v) is 6.26. The Hall–Kier alpha value is -2.81. The van der Waals surface area contributed by atoms with Crippen molar-refractivity contribution in [2.45, 2.75) is 56.5 Å². The van der Waals surface area contributed by atoms with E-state index < -0.39 is 10.0 Å². The van der Waals surface area contributed by atoms with Crippen LogP contribution in [0.4, 0.5) is 4.39 Å². The number of nitrogens with zero attached hydrogens (tertiary/aromatic N) is 1. The highest BCUT2D eigenvalue weighted by Gasteiger charge is 2.30. The Kier molecular flexibility index (Phi) is 8.07. The van der Waals surface area contributed by atoms with Gasteiger partial charge in [-0.25, -0.2) is 17.5 Å². The van der Waals surface area contributed by atoms with E-state index in [-0.39, 0.29) is 34.6 Å². The molecular formula is C27H29ClFN3O3S. The van der Waals surface area contributed by atoms with Gasteiger partial charge in [0.05, 0.1) is 10.9 Å². The molecule has 36 heavy (non-hydrogen) atoms. The molecule has 2 aromatic carbocycles. The lowest BCUT2D eigenvalue weighted by Gasteiger charge is -2.29. The first-order valence-electron chi connectivity index (χ1n) is 11.9. The third-order valence-corrected chi connectivity index (χ3v) is 8.54. The maximum absolute atomic E-state index is 13.1. The number of halogens is 2. The van der Waals surface area contributed by atoms with Crippen LogP contribution in [0.3, 0.4) is 0 Å². The van der Waals surface area contributed by atoms with E-state index in [1.807, 2.05) is 19.9 Å². The van der Waals surface area contributed by atoms with Crippen molar-refractivity contribution in [3.05, 3.63) is 82.9 Å². The zero-order chi connectivity index (χ0) is 25.9. The normalized spacial score (nSPS) is 19.0. The number of pyridine rings is 1. The molecule has 0 bridgehead atoms. The van der Waals surface area contributed by atoms with E-state index in [1.54, 1.807) is 36.7 Å². The van der Waals surface area contributed by atoms with E-state index in [0.717, 1.165) is 22.3 Å². The Bertz CT molecular complexity index is 1340. The molecule has 1 atom stereocenters. The Labute approximate surface area is 216 Å². The Morgan fingerprint density at radius 1 is 1.06 bits per heavy atom. The highest BCUT2D eigenvalue weighted by Crippen LogP contribution is 2.32. The number of aryl methyl sites for hydroxylation is 1. The number of sulfonamides is 1. The van der Waals surface area contributed by atoms with Crippen LogP contribution < -0.4 is 10.0 Å². The molecule has 1 aliphatic carbocycles. The van der Waals surface area contributed by atoms with Crippen molar-refractivity contribution >= 4 is 27.5 Å².